The molecule has 3 aromatic rings. The molecule has 8 heteroatoms. The Bertz CT molecular complexity index is 1330. The van der Waals surface area contributed by atoms with Crippen molar-refractivity contribution in [3.8, 4) is 5.82 Å². The van der Waals surface area contributed by atoms with Gasteiger partial charge in [0, 0.05) is 24.2 Å². The molecule has 4 bridgehead atoms. The first kappa shape index (κ1) is 21.5. The number of hydrogen-bond acceptors (Lipinski definition) is 5. The highest BCUT2D eigenvalue weighted by atomic mass is 16.2. The molecule has 1 aromatic carbocycles. The zero-order valence-corrected chi connectivity index (χ0v) is 20.2. The second kappa shape index (κ2) is 8.43. The topological polar surface area (TPSA) is 88.8 Å². The Labute approximate surface area is 204 Å². The number of para-hydroxylation sites is 2. The van der Waals surface area contributed by atoms with E-state index < -0.39 is 5.69 Å². The average Bonchev–Trinajstić information content (AvgIpc) is 3.28. The minimum Gasteiger partial charge on any atom is -0.300 e. The molecule has 0 unspecified atom stereocenters. The number of rotatable bonds is 3. The summed E-state index contributed by atoms with van der Waals surface area (Å²) in [5.74, 6) is 1.93. The van der Waals surface area contributed by atoms with Crippen LogP contribution in [0.25, 0.3) is 16.9 Å². The summed E-state index contributed by atoms with van der Waals surface area (Å²) in [5.41, 5.74) is 0.922. The van der Waals surface area contributed by atoms with Crippen LogP contribution in [0.1, 0.15) is 76.7 Å². The van der Waals surface area contributed by atoms with Crippen LogP contribution in [0.4, 0.5) is 0 Å². The first-order valence-corrected chi connectivity index (χ1v) is 13.6. The molecule has 4 aliphatic rings. The molecule has 7 rings (SSSR count). The van der Waals surface area contributed by atoms with Gasteiger partial charge in [-0.05, 0) is 68.9 Å². The molecule has 6 atom stereocenters. The molecule has 2 aromatic heterocycles. The van der Waals surface area contributed by atoms with E-state index in [9.17, 15) is 9.59 Å². The van der Waals surface area contributed by atoms with Crippen LogP contribution in [-0.2, 0) is 0 Å². The third-order valence-electron chi connectivity index (χ3n) is 9.43. The molecule has 35 heavy (non-hydrogen) atoms. The Morgan fingerprint density at radius 1 is 0.800 bits per heavy atom. The Balaban J connectivity index is 1.27. The SMILES string of the molecule is O=c1[nH]cnn1-c1nc2ccccc2n([C@H]2C[C@H]3CCC[C@@H](C2)N3[C@H]2C[C@@H]3CCC[C@@H](C3)C2)c1=O. The maximum Gasteiger partial charge on any atom is 0.349 e. The van der Waals surface area contributed by atoms with E-state index >= 15 is 0 Å². The number of benzene rings is 1. The number of nitrogens with one attached hydrogen (secondary N) is 1. The van der Waals surface area contributed by atoms with Crippen LogP contribution in [0.15, 0.2) is 40.2 Å². The van der Waals surface area contributed by atoms with Crippen molar-refractivity contribution in [2.75, 3.05) is 0 Å². The largest absolute Gasteiger partial charge is 0.349 e. The maximum atomic E-state index is 13.8. The normalized spacial score (nSPS) is 33.1. The minimum atomic E-state index is -0.439. The molecule has 0 radical (unpaired) electrons. The van der Waals surface area contributed by atoms with Gasteiger partial charge in [-0.25, -0.2) is 9.78 Å². The van der Waals surface area contributed by atoms with Gasteiger partial charge in [0.2, 0.25) is 5.82 Å². The third kappa shape index (κ3) is 3.60. The van der Waals surface area contributed by atoms with Gasteiger partial charge in [-0.3, -0.25) is 14.7 Å². The molecule has 8 nitrogen and oxygen atoms in total. The van der Waals surface area contributed by atoms with Gasteiger partial charge in [0.15, 0.2) is 0 Å². The van der Waals surface area contributed by atoms with Crippen LogP contribution < -0.4 is 11.2 Å². The minimum absolute atomic E-state index is 0.0858. The highest BCUT2D eigenvalue weighted by molar-refractivity contribution is 5.75. The van der Waals surface area contributed by atoms with Crippen molar-refractivity contribution in [2.24, 2.45) is 11.8 Å². The van der Waals surface area contributed by atoms with E-state index in [0.717, 1.165) is 46.4 Å². The molecule has 0 amide bonds. The zero-order chi connectivity index (χ0) is 23.5. The van der Waals surface area contributed by atoms with Gasteiger partial charge < -0.3 is 4.57 Å². The van der Waals surface area contributed by atoms with Gasteiger partial charge in [0.25, 0.3) is 5.56 Å². The van der Waals surface area contributed by atoms with Crippen molar-refractivity contribution in [1.82, 2.24) is 29.2 Å². The van der Waals surface area contributed by atoms with Crippen LogP contribution >= 0.6 is 0 Å². The first-order chi connectivity index (χ1) is 17.2. The second-order valence-corrected chi connectivity index (χ2v) is 11.4. The first-order valence-electron chi connectivity index (χ1n) is 13.6. The van der Waals surface area contributed by atoms with Gasteiger partial charge in [-0.2, -0.15) is 9.78 Å². The predicted molar refractivity (Wildman–Crippen MR) is 134 cm³/mol. The average molecular weight is 475 g/mol. The predicted octanol–water partition coefficient (Wildman–Crippen LogP) is 3.80. The van der Waals surface area contributed by atoms with Gasteiger partial charge in [0.1, 0.15) is 6.33 Å². The summed E-state index contributed by atoms with van der Waals surface area (Å²) in [6.07, 6.45) is 15.5. The van der Waals surface area contributed by atoms with Crippen LogP contribution in [0.2, 0.25) is 0 Å². The summed E-state index contributed by atoms with van der Waals surface area (Å²) < 4.78 is 3.04. The number of aromatic amines is 1. The Kier molecular flexibility index (Phi) is 5.19. The highest BCUT2D eigenvalue weighted by Gasteiger charge is 2.45. The molecule has 0 spiro atoms. The standard InChI is InChI=1S/C27H34N6O2/c34-26-25(33-27(35)28-16-29-33)30-23-9-1-2-10-24(23)32(26)22-14-19-7-4-8-20(15-22)31(19)21-12-17-5-3-6-18(11-17)13-21/h1-2,9-10,16-22H,3-8,11-15H2,(H,28,29,35)/t17-,18+,19-,20+,21+,22+. The Hall–Kier alpha value is -2.74. The summed E-state index contributed by atoms with van der Waals surface area (Å²) in [5, 5.41) is 4.06. The highest BCUT2D eigenvalue weighted by Crippen LogP contribution is 2.47. The van der Waals surface area contributed by atoms with E-state index in [1.807, 2.05) is 28.8 Å². The summed E-state index contributed by atoms with van der Waals surface area (Å²) in [7, 11) is 0. The number of fused-ring (bicyclic) bond motifs is 5. The van der Waals surface area contributed by atoms with Crippen LogP contribution in [0.3, 0.4) is 0 Å². The quantitative estimate of drug-likeness (QED) is 0.624. The van der Waals surface area contributed by atoms with E-state index in [-0.39, 0.29) is 17.4 Å². The molecule has 2 saturated carbocycles. The summed E-state index contributed by atoms with van der Waals surface area (Å²) in [4.78, 5) is 36.2. The van der Waals surface area contributed by atoms with E-state index in [1.165, 1.54) is 64.1 Å². The van der Waals surface area contributed by atoms with Crippen LogP contribution in [0.5, 0.6) is 0 Å². The van der Waals surface area contributed by atoms with Crippen LogP contribution in [0, 0.1) is 11.8 Å². The fourth-order valence-electron chi connectivity index (χ4n) is 8.18. The van der Waals surface area contributed by atoms with E-state index in [4.69, 9.17) is 0 Å². The summed E-state index contributed by atoms with van der Waals surface area (Å²) >= 11 is 0. The second-order valence-electron chi connectivity index (χ2n) is 11.4. The summed E-state index contributed by atoms with van der Waals surface area (Å²) in [6.45, 7) is 0. The lowest BCUT2D eigenvalue weighted by Gasteiger charge is -2.55. The van der Waals surface area contributed by atoms with Crippen molar-refractivity contribution < 1.29 is 0 Å². The van der Waals surface area contributed by atoms with Crippen molar-refractivity contribution in [3.63, 3.8) is 0 Å². The van der Waals surface area contributed by atoms with Gasteiger partial charge in [0.05, 0.1) is 11.0 Å². The number of H-pyrrole nitrogens is 1. The van der Waals surface area contributed by atoms with Gasteiger partial charge in [-0.1, -0.05) is 37.8 Å². The number of aromatic nitrogens is 5. The van der Waals surface area contributed by atoms with Crippen molar-refractivity contribution >= 4 is 11.0 Å². The lowest BCUT2D eigenvalue weighted by Crippen LogP contribution is -2.58. The summed E-state index contributed by atoms with van der Waals surface area (Å²) in [6, 6.07) is 9.71. The Morgan fingerprint density at radius 3 is 2.23 bits per heavy atom. The monoisotopic (exact) mass is 474 g/mol. The van der Waals surface area contributed by atoms with Crippen molar-refractivity contribution in [3.05, 3.63) is 51.4 Å². The van der Waals surface area contributed by atoms with Crippen molar-refractivity contribution in [2.45, 2.75) is 94.8 Å². The Morgan fingerprint density at radius 2 is 1.51 bits per heavy atom. The van der Waals surface area contributed by atoms with Gasteiger partial charge >= 0.3 is 5.69 Å². The fourth-order valence-corrected chi connectivity index (χ4v) is 8.18. The van der Waals surface area contributed by atoms with E-state index in [1.54, 1.807) is 0 Å². The molecule has 4 heterocycles. The maximum absolute atomic E-state index is 13.8. The lowest BCUT2D eigenvalue weighted by molar-refractivity contribution is -0.0485. The lowest BCUT2D eigenvalue weighted by atomic mass is 9.68. The third-order valence-corrected chi connectivity index (χ3v) is 9.43. The molecule has 184 valence electrons. The molecule has 1 N–H and O–H groups in total. The van der Waals surface area contributed by atoms with Crippen molar-refractivity contribution in [1.29, 1.82) is 0 Å². The molecule has 2 aliphatic heterocycles. The van der Waals surface area contributed by atoms with Crippen LogP contribution in [-0.4, -0.2) is 47.3 Å². The number of piperidine rings is 2. The number of hydrogen-bond donors (Lipinski definition) is 1. The molecule has 2 aliphatic carbocycles. The molecular formula is C27H34N6O2. The fraction of sp³-hybridized carbons (Fsp3) is 0.630. The number of nitrogens with zero attached hydrogens (tertiary/aromatic N) is 5. The molecule has 4 fully saturated rings. The van der Waals surface area contributed by atoms with E-state index in [2.05, 4.69) is 20.0 Å². The van der Waals surface area contributed by atoms with Gasteiger partial charge in [-0.15, -0.1) is 0 Å². The smallest absolute Gasteiger partial charge is 0.300 e. The molecular weight excluding hydrogens is 440 g/mol. The zero-order valence-electron chi connectivity index (χ0n) is 20.2. The van der Waals surface area contributed by atoms with E-state index in [0.29, 0.717) is 12.1 Å². The molecule has 2 saturated heterocycles.